The molecule has 2 rings (SSSR count). The first kappa shape index (κ1) is 11.6. The van der Waals surface area contributed by atoms with Gasteiger partial charge in [-0.1, -0.05) is 11.6 Å². The molecular formula is C11H12ClF2NO. The highest BCUT2D eigenvalue weighted by atomic mass is 35.5. The molecule has 5 heteroatoms. The van der Waals surface area contributed by atoms with Crippen LogP contribution in [0.4, 0.5) is 8.78 Å². The van der Waals surface area contributed by atoms with Crippen molar-refractivity contribution in [1.29, 1.82) is 0 Å². The first-order valence-electron chi connectivity index (χ1n) is 5.07. The van der Waals surface area contributed by atoms with E-state index in [1.807, 2.05) is 0 Å². The van der Waals surface area contributed by atoms with Crippen LogP contribution in [0.3, 0.4) is 0 Å². The van der Waals surface area contributed by atoms with Crippen molar-refractivity contribution in [3.63, 3.8) is 0 Å². The maximum absolute atomic E-state index is 13.7. The molecule has 0 radical (unpaired) electrons. The minimum Gasteiger partial charge on any atom is -0.493 e. The molecule has 88 valence electrons. The topological polar surface area (TPSA) is 21.3 Å². The average Bonchev–Trinajstić information content (AvgIpc) is 2.79. The summed E-state index contributed by atoms with van der Waals surface area (Å²) in [5, 5.41) is 2.63. The number of rotatable bonds is 2. The molecule has 1 heterocycles. The molecule has 1 aliphatic heterocycles. The van der Waals surface area contributed by atoms with Crippen molar-refractivity contribution in [3.8, 4) is 5.75 Å². The highest BCUT2D eigenvalue weighted by Gasteiger charge is 2.25. The molecule has 1 aromatic carbocycles. The number of nitrogens with one attached hydrogen (secondary N) is 1. The van der Waals surface area contributed by atoms with E-state index in [2.05, 4.69) is 5.32 Å². The lowest BCUT2D eigenvalue weighted by Crippen LogP contribution is -2.10. The van der Waals surface area contributed by atoms with E-state index in [1.54, 1.807) is 0 Å². The number of ether oxygens (including phenoxy) is 1. The predicted molar refractivity (Wildman–Crippen MR) is 58.1 cm³/mol. The van der Waals surface area contributed by atoms with Crippen LogP contribution in [0.25, 0.3) is 0 Å². The molecule has 1 atom stereocenters. The van der Waals surface area contributed by atoms with Gasteiger partial charge in [0.25, 0.3) is 0 Å². The zero-order chi connectivity index (χ0) is 11.7. The van der Waals surface area contributed by atoms with Crippen molar-refractivity contribution in [2.45, 2.75) is 12.3 Å². The number of hydrogen-bond donors (Lipinski definition) is 1. The number of halogens is 3. The summed E-state index contributed by atoms with van der Waals surface area (Å²) in [4.78, 5) is 0. The van der Waals surface area contributed by atoms with Crippen molar-refractivity contribution >= 4 is 11.6 Å². The van der Waals surface area contributed by atoms with E-state index in [9.17, 15) is 8.78 Å². The molecule has 0 amide bonds. The Kier molecular flexibility index (Phi) is 3.30. The Morgan fingerprint density at radius 3 is 2.81 bits per heavy atom. The van der Waals surface area contributed by atoms with Gasteiger partial charge in [-0.3, -0.25) is 0 Å². The van der Waals surface area contributed by atoms with Gasteiger partial charge in [-0.05, 0) is 19.0 Å². The number of hydrogen-bond acceptors (Lipinski definition) is 2. The van der Waals surface area contributed by atoms with E-state index in [-0.39, 0.29) is 11.7 Å². The van der Waals surface area contributed by atoms with Gasteiger partial charge >= 0.3 is 0 Å². The molecule has 1 saturated heterocycles. The Bertz CT molecular complexity index is 405. The third-order valence-corrected chi connectivity index (χ3v) is 3.20. The maximum Gasteiger partial charge on any atom is 0.186 e. The van der Waals surface area contributed by atoms with Gasteiger partial charge in [0.15, 0.2) is 11.6 Å². The van der Waals surface area contributed by atoms with Gasteiger partial charge in [-0.25, -0.2) is 8.78 Å². The summed E-state index contributed by atoms with van der Waals surface area (Å²) in [6.07, 6.45) is 0.844. The summed E-state index contributed by atoms with van der Waals surface area (Å²) in [5.74, 6) is -1.41. The first-order valence-corrected chi connectivity index (χ1v) is 5.45. The zero-order valence-electron chi connectivity index (χ0n) is 8.82. The third kappa shape index (κ3) is 1.87. The Balaban J connectivity index is 2.50. The van der Waals surface area contributed by atoms with Gasteiger partial charge in [-0.2, -0.15) is 0 Å². The summed E-state index contributed by atoms with van der Waals surface area (Å²) in [6.45, 7) is 1.55. The summed E-state index contributed by atoms with van der Waals surface area (Å²) < 4.78 is 32.0. The second-order valence-electron chi connectivity index (χ2n) is 3.80. The molecule has 16 heavy (non-hydrogen) atoms. The standard InChI is InChI=1S/C11H12ClF2NO/c1-16-11-7(6-2-3-15-5-6)4-8(13)9(12)10(11)14/h4,6,15H,2-3,5H2,1H3. The van der Waals surface area contributed by atoms with Crippen LogP contribution in [0.5, 0.6) is 5.75 Å². The second kappa shape index (κ2) is 4.55. The zero-order valence-corrected chi connectivity index (χ0v) is 9.57. The molecule has 1 unspecified atom stereocenters. The van der Waals surface area contributed by atoms with Crippen LogP contribution >= 0.6 is 11.6 Å². The van der Waals surface area contributed by atoms with Gasteiger partial charge in [0, 0.05) is 18.0 Å². The number of methoxy groups -OCH3 is 1. The van der Waals surface area contributed by atoms with Crippen LogP contribution in [0.15, 0.2) is 6.07 Å². The molecule has 1 aromatic rings. The summed E-state index contributed by atoms with van der Waals surface area (Å²) >= 11 is 5.49. The van der Waals surface area contributed by atoms with Crippen molar-refractivity contribution < 1.29 is 13.5 Å². The average molecular weight is 248 g/mol. The maximum atomic E-state index is 13.7. The Labute approximate surface area is 97.5 Å². The van der Waals surface area contributed by atoms with Gasteiger partial charge in [0.05, 0.1) is 7.11 Å². The minimum absolute atomic E-state index is 0.0556. The quantitative estimate of drug-likeness (QED) is 0.812. The highest BCUT2D eigenvalue weighted by molar-refractivity contribution is 6.31. The molecule has 0 saturated carbocycles. The van der Waals surface area contributed by atoms with E-state index in [0.717, 1.165) is 13.0 Å². The predicted octanol–water partition coefficient (Wildman–Crippen LogP) is 2.70. The molecular weight excluding hydrogens is 236 g/mol. The smallest absolute Gasteiger partial charge is 0.186 e. The van der Waals surface area contributed by atoms with Crippen LogP contribution in [0.1, 0.15) is 17.9 Å². The second-order valence-corrected chi connectivity index (χ2v) is 4.18. The summed E-state index contributed by atoms with van der Waals surface area (Å²) in [7, 11) is 1.36. The molecule has 0 aromatic heterocycles. The lowest BCUT2D eigenvalue weighted by Gasteiger charge is -2.15. The van der Waals surface area contributed by atoms with E-state index in [4.69, 9.17) is 16.3 Å². The highest BCUT2D eigenvalue weighted by Crippen LogP contribution is 2.37. The lowest BCUT2D eigenvalue weighted by molar-refractivity contribution is 0.375. The number of benzene rings is 1. The molecule has 0 bridgehead atoms. The fraction of sp³-hybridized carbons (Fsp3) is 0.455. The SMILES string of the molecule is COc1c(C2CCNC2)cc(F)c(Cl)c1F. The van der Waals surface area contributed by atoms with Crippen LogP contribution < -0.4 is 10.1 Å². The van der Waals surface area contributed by atoms with Crippen LogP contribution in [-0.4, -0.2) is 20.2 Å². The molecule has 0 spiro atoms. The van der Waals surface area contributed by atoms with Crippen molar-refractivity contribution in [2.75, 3.05) is 20.2 Å². The largest absolute Gasteiger partial charge is 0.493 e. The van der Waals surface area contributed by atoms with E-state index in [1.165, 1.54) is 13.2 Å². The summed E-state index contributed by atoms with van der Waals surface area (Å²) in [5.41, 5.74) is 0.548. The van der Waals surface area contributed by atoms with Crippen LogP contribution in [0, 0.1) is 11.6 Å². The van der Waals surface area contributed by atoms with Crippen LogP contribution in [-0.2, 0) is 0 Å². The molecule has 1 N–H and O–H groups in total. The van der Waals surface area contributed by atoms with Crippen molar-refractivity contribution in [1.82, 2.24) is 5.32 Å². The monoisotopic (exact) mass is 247 g/mol. The van der Waals surface area contributed by atoms with Crippen molar-refractivity contribution in [2.24, 2.45) is 0 Å². The van der Waals surface area contributed by atoms with Gasteiger partial charge in [0.2, 0.25) is 0 Å². The molecule has 0 aliphatic carbocycles. The van der Waals surface area contributed by atoms with Gasteiger partial charge in [-0.15, -0.1) is 0 Å². The molecule has 1 fully saturated rings. The van der Waals surface area contributed by atoms with Crippen molar-refractivity contribution in [3.05, 3.63) is 28.3 Å². The molecule has 2 nitrogen and oxygen atoms in total. The first-order chi connectivity index (χ1) is 7.65. The third-order valence-electron chi connectivity index (χ3n) is 2.85. The fourth-order valence-corrected chi connectivity index (χ4v) is 2.17. The Hall–Kier alpha value is -0.870. The fourth-order valence-electron chi connectivity index (χ4n) is 2.03. The van der Waals surface area contributed by atoms with E-state index in [0.29, 0.717) is 12.1 Å². The van der Waals surface area contributed by atoms with Gasteiger partial charge in [0.1, 0.15) is 10.8 Å². The summed E-state index contributed by atoms with van der Waals surface area (Å²) in [6, 6.07) is 1.27. The van der Waals surface area contributed by atoms with E-state index < -0.39 is 16.7 Å². The van der Waals surface area contributed by atoms with E-state index >= 15 is 0 Å². The molecule has 1 aliphatic rings. The minimum atomic E-state index is -0.814. The van der Waals surface area contributed by atoms with Gasteiger partial charge < -0.3 is 10.1 Å². The Morgan fingerprint density at radius 2 is 2.25 bits per heavy atom. The lowest BCUT2D eigenvalue weighted by atomic mass is 9.97. The Morgan fingerprint density at radius 1 is 1.50 bits per heavy atom. The van der Waals surface area contributed by atoms with Crippen LogP contribution in [0.2, 0.25) is 5.02 Å². The normalized spacial score (nSPS) is 20.1.